The van der Waals surface area contributed by atoms with Crippen LogP contribution in [0.5, 0.6) is 17.2 Å². The van der Waals surface area contributed by atoms with Crippen molar-refractivity contribution in [2.45, 2.75) is 20.0 Å². The smallest absolute Gasteiger partial charge is 0.138 e. The molecule has 25 heavy (non-hydrogen) atoms. The molecule has 0 saturated heterocycles. The van der Waals surface area contributed by atoms with E-state index >= 15 is 0 Å². The largest absolute Gasteiger partial charge is 0.487 e. The van der Waals surface area contributed by atoms with Crippen LogP contribution in [-0.4, -0.2) is 0 Å². The van der Waals surface area contributed by atoms with E-state index in [1.807, 2.05) is 12.1 Å². The van der Waals surface area contributed by atoms with Crippen LogP contribution in [0.4, 0.5) is 4.39 Å². The summed E-state index contributed by atoms with van der Waals surface area (Å²) in [5.41, 5.74) is 2.37. The Morgan fingerprint density at radius 2 is 1.60 bits per heavy atom. The van der Waals surface area contributed by atoms with E-state index in [9.17, 15) is 4.39 Å². The van der Waals surface area contributed by atoms with Gasteiger partial charge in [0.15, 0.2) is 0 Å². The fraction of sp³-hybridized carbons (Fsp3) is 0.143. The number of aryl methyl sites for hydroxylation is 1. The third-order valence-electron chi connectivity index (χ3n) is 3.76. The predicted octanol–water partition coefficient (Wildman–Crippen LogP) is 6.41. The van der Waals surface area contributed by atoms with Crippen LogP contribution in [0.3, 0.4) is 0 Å². The second-order valence-electron chi connectivity index (χ2n) is 5.61. The van der Waals surface area contributed by atoms with Gasteiger partial charge in [0.25, 0.3) is 0 Å². The van der Waals surface area contributed by atoms with Crippen molar-refractivity contribution >= 4 is 11.6 Å². The van der Waals surface area contributed by atoms with E-state index in [-0.39, 0.29) is 5.82 Å². The molecule has 2 nitrogen and oxygen atoms in total. The van der Waals surface area contributed by atoms with Crippen molar-refractivity contribution in [3.05, 3.63) is 88.7 Å². The standard InChI is InChI=1S/C21H18ClFO2/c1-2-15-6-8-16(9-7-15)14-24-21-11-10-19(13-20(21)22)25-18-5-3-4-17(23)12-18/h3-13H,2,14H2,1H3. The van der Waals surface area contributed by atoms with Crippen LogP contribution in [0.2, 0.25) is 5.02 Å². The molecule has 0 atom stereocenters. The maximum absolute atomic E-state index is 13.2. The molecule has 0 aromatic heterocycles. The second-order valence-corrected chi connectivity index (χ2v) is 6.02. The zero-order chi connectivity index (χ0) is 17.6. The highest BCUT2D eigenvalue weighted by molar-refractivity contribution is 6.32. The molecule has 0 heterocycles. The van der Waals surface area contributed by atoms with Crippen molar-refractivity contribution in [3.63, 3.8) is 0 Å². The van der Waals surface area contributed by atoms with Crippen LogP contribution in [-0.2, 0) is 13.0 Å². The maximum Gasteiger partial charge on any atom is 0.138 e. The summed E-state index contributed by atoms with van der Waals surface area (Å²) in [6, 6.07) is 19.4. The van der Waals surface area contributed by atoms with Gasteiger partial charge in [0.05, 0.1) is 5.02 Å². The summed E-state index contributed by atoms with van der Waals surface area (Å²) in [5, 5.41) is 0.444. The molecule has 0 N–H and O–H groups in total. The topological polar surface area (TPSA) is 18.5 Å². The van der Waals surface area contributed by atoms with E-state index in [0.717, 1.165) is 12.0 Å². The van der Waals surface area contributed by atoms with Gasteiger partial charge in [0.2, 0.25) is 0 Å². The number of benzene rings is 3. The minimum atomic E-state index is -0.349. The van der Waals surface area contributed by atoms with Crippen LogP contribution in [0, 0.1) is 5.82 Å². The van der Waals surface area contributed by atoms with Gasteiger partial charge in [-0.25, -0.2) is 4.39 Å². The van der Waals surface area contributed by atoms with Crippen molar-refractivity contribution in [1.29, 1.82) is 0 Å². The van der Waals surface area contributed by atoms with Gasteiger partial charge in [-0.3, -0.25) is 0 Å². The molecular weight excluding hydrogens is 339 g/mol. The Labute approximate surface area is 151 Å². The van der Waals surface area contributed by atoms with Gasteiger partial charge in [-0.2, -0.15) is 0 Å². The molecule has 0 aliphatic heterocycles. The minimum absolute atomic E-state index is 0.349. The molecule has 0 unspecified atom stereocenters. The summed E-state index contributed by atoms with van der Waals surface area (Å²) in [5.74, 6) is 1.17. The summed E-state index contributed by atoms with van der Waals surface area (Å²) >= 11 is 6.26. The van der Waals surface area contributed by atoms with Crippen LogP contribution < -0.4 is 9.47 Å². The van der Waals surface area contributed by atoms with Crippen molar-refractivity contribution in [1.82, 2.24) is 0 Å². The number of ether oxygens (including phenoxy) is 2. The van der Waals surface area contributed by atoms with Crippen LogP contribution >= 0.6 is 11.6 Å². The predicted molar refractivity (Wildman–Crippen MR) is 98.1 cm³/mol. The molecule has 0 saturated carbocycles. The Bertz CT molecular complexity index is 847. The molecule has 0 bridgehead atoms. The summed E-state index contributed by atoms with van der Waals surface area (Å²) in [6.07, 6.45) is 1.01. The lowest BCUT2D eigenvalue weighted by atomic mass is 10.1. The normalized spacial score (nSPS) is 10.5. The first-order valence-electron chi connectivity index (χ1n) is 8.07. The highest BCUT2D eigenvalue weighted by Gasteiger charge is 2.06. The molecule has 0 fully saturated rings. The van der Waals surface area contributed by atoms with Crippen LogP contribution in [0.15, 0.2) is 66.7 Å². The summed E-state index contributed by atoms with van der Waals surface area (Å²) in [4.78, 5) is 0. The van der Waals surface area contributed by atoms with E-state index in [0.29, 0.717) is 28.9 Å². The highest BCUT2D eigenvalue weighted by atomic mass is 35.5. The van der Waals surface area contributed by atoms with Gasteiger partial charge in [0.1, 0.15) is 29.7 Å². The zero-order valence-corrected chi connectivity index (χ0v) is 14.6. The van der Waals surface area contributed by atoms with E-state index in [4.69, 9.17) is 21.1 Å². The quantitative estimate of drug-likeness (QED) is 0.507. The van der Waals surface area contributed by atoms with Gasteiger partial charge in [-0.05, 0) is 41.8 Å². The Morgan fingerprint density at radius 3 is 2.28 bits per heavy atom. The summed E-state index contributed by atoms with van der Waals surface area (Å²) in [6.45, 7) is 2.56. The van der Waals surface area contributed by atoms with Crippen molar-refractivity contribution in [2.24, 2.45) is 0 Å². The van der Waals surface area contributed by atoms with Crippen molar-refractivity contribution in [3.8, 4) is 17.2 Å². The first-order chi connectivity index (χ1) is 12.1. The SMILES string of the molecule is CCc1ccc(COc2ccc(Oc3cccc(F)c3)cc2Cl)cc1. The van der Waals surface area contributed by atoms with Gasteiger partial charge in [-0.15, -0.1) is 0 Å². The van der Waals surface area contributed by atoms with E-state index in [1.54, 1.807) is 30.3 Å². The van der Waals surface area contributed by atoms with Crippen molar-refractivity contribution in [2.75, 3.05) is 0 Å². The first kappa shape index (κ1) is 17.3. The Hall–Kier alpha value is -2.52. The zero-order valence-electron chi connectivity index (χ0n) is 13.8. The lowest BCUT2D eigenvalue weighted by molar-refractivity contribution is 0.306. The average Bonchev–Trinajstić information content (AvgIpc) is 2.61. The molecule has 0 spiro atoms. The van der Waals surface area contributed by atoms with Gasteiger partial charge in [0, 0.05) is 12.1 Å². The summed E-state index contributed by atoms with van der Waals surface area (Å²) < 4.78 is 24.6. The summed E-state index contributed by atoms with van der Waals surface area (Å²) in [7, 11) is 0. The minimum Gasteiger partial charge on any atom is -0.487 e. The van der Waals surface area contributed by atoms with Crippen LogP contribution in [0.25, 0.3) is 0 Å². The number of hydrogen-bond acceptors (Lipinski definition) is 2. The van der Waals surface area contributed by atoms with E-state index < -0.39 is 0 Å². The molecular formula is C21H18ClFO2. The Kier molecular flexibility index (Phi) is 5.56. The lowest BCUT2D eigenvalue weighted by Crippen LogP contribution is -1.96. The average molecular weight is 357 g/mol. The lowest BCUT2D eigenvalue weighted by Gasteiger charge is -2.11. The monoisotopic (exact) mass is 356 g/mol. The number of hydrogen-bond donors (Lipinski definition) is 0. The Balaban J connectivity index is 1.65. The van der Waals surface area contributed by atoms with Crippen LogP contribution in [0.1, 0.15) is 18.1 Å². The fourth-order valence-corrected chi connectivity index (χ4v) is 2.59. The van der Waals surface area contributed by atoms with Gasteiger partial charge >= 0.3 is 0 Å². The molecule has 3 aromatic rings. The van der Waals surface area contributed by atoms with E-state index in [2.05, 4.69) is 19.1 Å². The van der Waals surface area contributed by atoms with Crippen molar-refractivity contribution < 1.29 is 13.9 Å². The molecule has 3 rings (SSSR count). The fourth-order valence-electron chi connectivity index (χ4n) is 2.36. The molecule has 0 aliphatic carbocycles. The Morgan fingerprint density at radius 1 is 0.880 bits per heavy atom. The molecule has 0 amide bonds. The molecule has 0 aliphatic rings. The number of rotatable bonds is 6. The third-order valence-corrected chi connectivity index (χ3v) is 4.06. The van der Waals surface area contributed by atoms with Gasteiger partial charge < -0.3 is 9.47 Å². The molecule has 0 radical (unpaired) electrons. The molecule has 128 valence electrons. The van der Waals surface area contributed by atoms with Gasteiger partial charge in [-0.1, -0.05) is 48.9 Å². The first-order valence-corrected chi connectivity index (χ1v) is 8.45. The second kappa shape index (κ2) is 8.04. The maximum atomic E-state index is 13.2. The molecule has 4 heteroatoms. The van der Waals surface area contributed by atoms with E-state index in [1.165, 1.54) is 17.7 Å². The number of halogens is 2. The third kappa shape index (κ3) is 4.74. The highest BCUT2D eigenvalue weighted by Crippen LogP contribution is 2.32. The molecule has 3 aromatic carbocycles.